The van der Waals surface area contributed by atoms with Gasteiger partial charge in [0.15, 0.2) is 0 Å². The zero-order chi connectivity index (χ0) is 19.0. The fourth-order valence-corrected chi connectivity index (χ4v) is 3.16. The molecule has 4 aromatic rings. The Kier molecular flexibility index (Phi) is 3.89. The van der Waals surface area contributed by atoms with E-state index < -0.39 is 9.85 Å². The van der Waals surface area contributed by atoms with Crippen molar-refractivity contribution in [3.63, 3.8) is 0 Å². The minimum atomic E-state index is -0.456. The lowest BCUT2D eigenvalue weighted by atomic mass is 9.98. The van der Waals surface area contributed by atoms with Gasteiger partial charge in [0.2, 0.25) is 0 Å². The lowest BCUT2D eigenvalue weighted by molar-refractivity contribution is -0.385. The van der Waals surface area contributed by atoms with Crippen molar-refractivity contribution in [1.29, 1.82) is 0 Å². The summed E-state index contributed by atoms with van der Waals surface area (Å²) in [5, 5.41) is 22.8. The van der Waals surface area contributed by atoms with E-state index in [0.717, 1.165) is 27.9 Å². The molecular weight excluding hydrogens is 346 g/mol. The molecule has 1 heterocycles. The molecule has 132 valence electrons. The molecule has 3 aromatic carbocycles. The predicted molar refractivity (Wildman–Crippen MR) is 102 cm³/mol. The normalized spacial score (nSPS) is 10.8. The molecule has 0 bridgehead atoms. The smallest absolute Gasteiger partial charge is 0.270 e. The van der Waals surface area contributed by atoms with Crippen molar-refractivity contribution in [2.24, 2.45) is 0 Å². The molecule has 0 aliphatic heterocycles. The number of rotatable bonds is 4. The van der Waals surface area contributed by atoms with Crippen LogP contribution in [0.1, 0.15) is 0 Å². The van der Waals surface area contributed by atoms with E-state index >= 15 is 0 Å². The maximum Gasteiger partial charge on any atom is 0.270 e. The van der Waals surface area contributed by atoms with E-state index in [0.29, 0.717) is 5.39 Å². The van der Waals surface area contributed by atoms with Gasteiger partial charge in [-0.2, -0.15) is 0 Å². The van der Waals surface area contributed by atoms with Gasteiger partial charge in [-0.05, 0) is 29.3 Å². The standard InChI is InChI=1S/C20H13N3O4/c24-22(25)15-8-6-13(7-9-15)19-17-12-16(23(26)27)10-11-18(17)21-20(19)14-4-2-1-3-5-14/h1-12,21H. The molecule has 1 aromatic heterocycles. The second-order valence-corrected chi connectivity index (χ2v) is 6.03. The molecular formula is C20H13N3O4. The lowest BCUT2D eigenvalue weighted by Crippen LogP contribution is -1.88. The molecule has 0 saturated carbocycles. The average Bonchev–Trinajstić information content (AvgIpc) is 3.07. The molecule has 0 radical (unpaired) electrons. The van der Waals surface area contributed by atoms with Crippen molar-refractivity contribution in [2.75, 3.05) is 0 Å². The van der Waals surface area contributed by atoms with E-state index in [1.807, 2.05) is 30.3 Å². The molecule has 0 fully saturated rings. The quantitative estimate of drug-likeness (QED) is 0.393. The molecule has 4 rings (SSSR count). The van der Waals surface area contributed by atoms with E-state index in [1.54, 1.807) is 18.2 Å². The van der Waals surface area contributed by atoms with Crippen LogP contribution in [0.5, 0.6) is 0 Å². The zero-order valence-corrected chi connectivity index (χ0v) is 14.0. The van der Waals surface area contributed by atoms with Crippen LogP contribution in [0, 0.1) is 20.2 Å². The van der Waals surface area contributed by atoms with Gasteiger partial charge in [-0.25, -0.2) is 0 Å². The number of nitro groups is 2. The number of fused-ring (bicyclic) bond motifs is 1. The van der Waals surface area contributed by atoms with Gasteiger partial charge in [-0.3, -0.25) is 20.2 Å². The predicted octanol–water partition coefficient (Wildman–Crippen LogP) is 5.32. The number of nitrogens with one attached hydrogen (secondary N) is 1. The van der Waals surface area contributed by atoms with Crippen molar-refractivity contribution >= 4 is 22.3 Å². The van der Waals surface area contributed by atoms with Gasteiger partial charge in [0.25, 0.3) is 11.4 Å². The molecule has 27 heavy (non-hydrogen) atoms. The van der Waals surface area contributed by atoms with Crippen LogP contribution >= 0.6 is 0 Å². The third-order valence-electron chi connectivity index (χ3n) is 4.42. The van der Waals surface area contributed by atoms with Crippen LogP contribution in [0.4, 0.5) is 11.4 Å². The van der Waals surface area contributed by atoms with Crippen LogP contribution in [0.3, 0.4) is 0 Å². The fraction of sp³-hybridized carbons (Fsp3) is 0. The molecule has 0 atom stereocenters. The highest BCUT2D eigenvalue weighted by Gasteiger charge is 2.18. The summed E-state index contributed by atoms with van der Waals surface area (Å²) in [5.74, 6) is 0. The van der Waals surface area contributed by atoms with Crippen LogP contribution in [-0.4, -0.2) is 14.8 Å². The molecule has 0 amide bonds. The molecule has 0 unspecified atom stereocenters. The summed E-state index contributed by atoms with van der Waals surface area (Å²) < 4.78 is 0. The number of nitrogens with zero attached hydrogens (tertiary/aromatic N) is 2. The van der Waals surface area contributed by atoms with Crippen molar-refractivity contribution in [2.45, 2.75) is 0 Å². The number of benzene rings is 3. The molecule has 0 aliphatic rings. The van der Waals surface area contributed by atoms with E-state index in [9.17, 15) is 20.2 Å². The summed E-state index contributed by atoms with van der Waals surface area (Å²) in [6, 6.07) is 20.4. The van der Waals surface area contributed by atoms with Crippen molar-refractivity contribution in [3.8, 4) is 22.4 Å². The highest BCUT2D eigenvalue weighted by molar-refractivity contribution is 6.04. The van der Waals surface area contributed by atoms with Crippen molar-refractivity contribution < 1.29 is 9.85 Å². The molecule has 7 nitrogen and oxygen atoms in total. The number of H-pyrrole nitrogens is 1. The first-order valence-corrected chi connectivity index (χ1v) is 8.15. The van der Waals surface area contributed by atoms with Crippen LogP contribution < -0.4 is 0 Å². The monoisotopic (exact) mass is 359 g/mol. The van der Waals surface area contributed by atoms with Crippen LogP contribution in [0.25, 0.3) is 33.3 Å². The third kappa shape index (κ3) is 2.91. The summed E-state index contributed by atoms with van der Waals surface area (Å²) in [7, 11) is 0. The van der Waals surface area contributed by atoms with Gasteiger partial charge < -0.3 is 4.98 Å². The molecule has 0 aliphatic carbocycles. The number of hydrogen-bond acceptors (Lipinski definition) is 4. The molecule has 0 saturated heterocycles. The summed E-state index contributed by atoms with van der Waals surface area (Å²) in [4.78, 5) is 24.6. The second kappa shape index (κ2) is 6.38. The Morgan fingerprint density at radius 1 is 0.704 bits per heavy atom. The summed E-state index contributed by atoms with van der Waals surface area (Å²) in [5.41, 5.74) is 3.98. The topological polar surface area (TPSA) is 102 Å². The van der Waals surface area contributed by atoms with Gasteiger partial charge in [-0.15, -0.1) is 0 Å². The molecule has 7 heteroatoms. The minimum Gasteiger partial charge on any atom is -0.354 e. The highest BCUT2D eigenvalue weighted by atomic mass is 16.6. The Balaban J connectivity index is 2.01. The molecule has 0 spiro atoms. The van der Waals surface area contributed by atoms with Gasteiger partial charge >= 0.3 is 0 Å². The lowest BCUT2D eigenvalue weighted by Gasteiger charge is -2.06. The third-order valence-corrected chi connectivity index (χ3v) is 4.42. The van der Waals surface area contributed by atoms with Crippen LogP contribution in [-0.2, 0) is 0 Å². The van der Waals surface area contributed by atoms with E-state index in [1.165, 1.54) is 24.3 Å². The molecule has 1 N–H and O–H groups in total. The Morgan fingerprint density at radius 3 is 1.96 bits per heavy atom. The van der Waals surface area contributed by atoms with Gasteiger partial charge in [0.05, 0.1) is 15.5 Å². The Bertz CT molecular complexity index is 1170. The number of hydrogen-bond donors (Lipinski definition) is 1. The van der Waals surface area contributed by atoms with Gasteiger partial charge in [0, 0.05) is 40.7 Å². The van der Waals surface area contributed by atoms with Crippen molar-refractivity contribution in [1.82, 2.24) is 4.98 Å². The minimum absolute atomic E-state index is 0.00849. The Hall–Kier alpha value is -4.00. The van der Waals surface area contributed by atoms with Gasteiger partial charge in [-0.1, -0.05) is 30.3 Å². The van der Waals surface area contributed by atoms with E-state index in [4.69, 9.17) is 0 Å². The SMILES string of the molecule is O=[N+]([O-])c1ccc(-c2c(-c3ccccc3)[nH]c3ccc([N+](=O)[O-])cc23)cc1. The van der Waals surface area contributed by atoms with E-state index in [2.05, 4.69) is 4.98 Å². The number of nitro benzene ring substituents is 2. The number of aromatic nitrogens is 1. The Labute approximate surface area is 153 Å². The van der Waals surface area contributed by atoms with Crippen LogP contribution in [0.15, 0.2) is 72.8 Å². The zero-order valence-electron chi connectivity index (χ0n) is 14.0. The van der Waals surface area contributed by atoms with Gasteiger partial charge in [0.1, 0.15) is 0 Å². The van der Waals surface area contributed by atoms with Crippen LogP contribution in [0.2, 0.25) is 0 Å². The second-order valence-electron chi connectivity index (χ2n) is 6.03. The summed E-state index contributed by atoms with van der Waals surface area (Å²) in [6.07, 6.45) is 0. The number of aromatic amines is 1. The first-order valence-electron chi connectivity index (χ1n) is 8.15. The number of non-ortho nitro benzene ring substituents is 2. The first-order chi connectivity index (χ1) is 13.0. The van der Waals surface area contributed by atoms with Crippen molar-refractivity contribution in [3.05, 3.63) is 93.0 Å². The Morgan fingerprint density at radius 2 is 1.33 bits per heavy atom. The average molecular weight is 359 g/mol. The summed E-state index contributed by atoms with van der Waals surface area (Å²) in [6.45, 7) is 0. The maximum absolute atomic E-state index is 11.2. The van der Waals surface area contributed by atoms with E-state index in [-0.39, 0.29) is 11.4 Å². The fourth-order valence-electron chi connectivity index (χ4n) is 3.16. The summed E-state index contributed by atoms with van der Waals surface area (Å²) >= 11 is 0. The highest BCUT2D eigenvalue weighted by Crippen LogP contribution is 2.39. The largest absolute Gasteiger partial charge is 0.354 e. The first kappa shape index (κ1) is 16.5. The maximum atomic E-state index is 11.2.